The van der Waals surface area contributed by atoms with Gasteiger partial charge in [-0.1, -0.05) is 34.8 Å². The van der Waals surface area contributed by atoms with Crippen molar-refractivity contribution in [2.24, 2.45) is 5.92 Å². The van der Waals surface area contributed by atoms with E-state index in [0.717, 1.165) is 22.6 Å². The summed E-state index contributed by atoms with van der Waals surface area (Å²) < 4.78 is 0.969. The maximum absolute atomic E-state index is 11.6. The summed E-state index contributed by atoms with van der Waals surface area (Å²) in [5.74, 6) is 0.925. The molecular formula is C13H17BrN2O. The second-order valence-electron chi connectivity index (χ2n) is 4.47. The van der Waals surface area contributed by atoms with Gasteiger partial charge in [0, 0.05) is 10.2 Å². The second-order valence-corrected chi connectivity index (χ2v) is 5.38. The molecule has 0 unspecified atom stereocenters. The monoisotopic (exact) mass is 296 g/mol. The predicted molar refractivity (Wildman–Crippen MR) is 73.0 cm³/mol. The third kappa shape index (κ3) is 4.88. The number of hydrogen-bond donors (Lipinski definition) is 2. The van der Waals surface area contributed by atoms with Crippen LogP contribution < -0.4 is 10.6 Å². The molecule has 0 aliphatic heterocycles. The Labute approximate surface area is 110 Å². The zero-order valence-corrected chi connectivity index (χ0v) is 11.3. The van der Waals surface area contributed by atoms with Crippen molar-refractivity contribution in [2.45, 2.75) is 19.3 Å². The summed E-state index contributed by atoms with van der Waals surface area (Å²) in [4.78, 5) is 11.6. The average Bonchev–Trinajstić information content (AvgIpc) is 3.08. The number of hydrogen-bond acceptors (Lipinski definition) is 2. The first-order valence-corrected chi connectivity index (χ1v) is 6.79. The zero-order chi connectivity index (χ0) is 12.1. The van der Waals surface area contributed by atoms with Gasteiger partial charge in [0.25, 0.3) is 0 Å². The van der Waals surface area contributed by atoms with Crippen LogP contribution >= 0.6 is 15.9 Å². The van der Waals surface area contributed by atoms with Gasteiger partial charge in [-0.05, 0) is 37.1 Å². The van der Waals surface area contributed by atoms with Gasteiger partial charge in [-0.25, -0.2) is 0 Å². The summed E-state index contributed by atoms with van der Waals surface area (Å²) in [6.07, 6.45) is 3.93. The quantitative estimate of drug-likeness (QED) is 0.793. The summed E-state index contributed by atoms with van der Waals surface area (Å²) in [6.45, 7) is 1.33. The van der Waals surface area contributed by atoms with Crippen LogP contribution in [0, 0.1) is 5.92 Å². The molecule has 2 N–H and O–H groups in total. The van der Waals surface area contributed by atoms with Crippen molar-refractivity contribution < 1.29 is 4.79 Å². The fourth-order valence-electron chi connectivity index (χ4n) is 1.69. The van der Waals surface area contributed by atoms with Crippen molar-refractivity contribution in [2.75, 3.05) is 18.4 Å². The highest BCUT2D eigenvalue weighted by molar-refractivity contribution is 9.10. The van der Waals surface area contributed by atoms with Crippen molar-refractivity contribution in [1.82, 2.24) is 5.32 Å². The number of anilines is 1. The Kier molecular flexibility index (Phi) is 4.57. The van der Waals surface area contributed by atoms with Gasteiger partial charge in [-0.3, -0.25) is 4.79 Å². The minimum Gasteiger partial charge on any atom is -0.325 e. The summed E-state index contributed by atoms with van der Waals surface area (Å²) >= 11 is 3.37. The van der Waals surface area contributed by atoms with E-state index in [0.29, 0.717) is 6.54 Å². The molecule has 2 rings (SSSR count). The second kappa shape index (κ2) is 6.17. The number of carbonyl (C=O) groups excluding carboxylic acids is 1. The fraction of sp³-hybridized carbons (Fsp3) is 0.462. The fourth-order valence-corrected chi connectivity index (χ4v) is 2.09. The van der Waals surface area contributed by atoms with Gasteiger partial charge in [-0.15, -0.1) is 0 Å². The molecule has 0 spiro atoms. The molecule has 1 amide bonds. The van der Waals surface area contributed by atoms with Crippen LogP contribution in [-0.4, -0.2) is 19.0 Å². The number of carbonyl (C=O) groups is 1. The van der Waals surface area contributed by atoms with E-state index in [9.17, 15) is 4.79 Å². The lowest BCUT2D eigenvalue weighted by atomic mass is 10.3. The van der Waals surface area contributed by atoms with Gasteiger partial charge in [-0.2, -0.15) is 0 Å². The number of benzene rings is 1. The maximum atomic E-state index is 11.6. The van der Waals surface area contributed by atoms with E-state index in [4.69, 9.17) is 0 Å². The highest BCUT2D eigenvalue weighted by Crippen LogP contribution is 2.31. The van der Waals surface area contributed by atoms with Crippen molar-refractivity contribution in [3.05, 3.63) is 28.7 Å². The molecule has 0 atom stereocenters. The average molecular weight is 297 g/mol. The van der Waals surface area contributed by atoms with Gasteiger partial charge >= 0.3 is 0 Å². The Bertz CT molecular complexity index is 391. The smallest absolute Gasteiger partial charge is 0.238 e. The third-order valence-corrected chi connectivity index (χ3v) is 3.31. The molecule has 1 aromatic carbocycles. The first-order chi connectivity index (χ1) is 8.24. The SMILES string of the molecule is O=C(CNCCC1CC1)Nc1cccc(Br)c1. The van der Waals surface area contributed by atoms with Crippen LogP contribution in [0.3, 0.4) is 0 Å². The summed E-state index contributed by atoms with van der Waals surface area (Å²) in [5.41, 5.74) is 0.827. The molecule has 0 bridgehead atoms. The van der Waals surface area contributed by atoms with E-state index in [2.05, 4.69) is 26.6 Å². The Balaban J connectivity index is 1.65. The van der Waals surface area contributed by atoms with E-state index in [-0.39, 0.29) is 5.91 Å². The van der Waals surface area contributed by atoms with Crippen LogP contribution in [0.1, 0.15) is 19.3 Å². The van der Waals surface area contributed by atoms with Crippen molar-refractivity contribution in [3.63, 3.8) is 0 Å². The molecule has 0 aromatic heterocycles. The lowest BCUT2D eigenvalue weighted by molar-refractivity contribution is -0.115. The van der Waals surface area contributed by atoms with Gasteiger partial charge < -0.3 is 10.6 Å². The molecule has 4 heteroatoms. The Morgan fingerprint density at radius 2 is 2.24 bits per heavy atom. The summed E-state index contributed by atoms with van der Waals surface area (Å²) in [5, 5.41) is 6.02. The highest BCUT2D eigenvalue weighted by atomic mass is 79.9. The molecule has 0 radical (unpaired) electrons. The van der Waals surface area contributed by atoms with Gasteiger partial charge in [0.05, 0.1) is 6.54 Å². The molecule has 92 valence electrons. The molecule has 3 nitrogen and oxygen atoms in total. The third-order valence-electron chi connectivity index (χ3n) is 2.82. The highest BCUT2D eigenvalue weighted by Gasteiger charge is 2.20. The van der Waals surface area contributed by atoms with E-state index >= 15 is 0 Å². The van der Waals surface area contributed by atoms with Crippen LogP contribution in [0.15, 0.2) is 28.7 Å². The van der Waals surface area contributed by atoms with Crippen LogP contribution in [0.25, 0.3) is 0 Å². The molecule has 1 aliphatic rings. The first kappa shape index (κ1) is 12.6. The molecule has 1 saturated carbocycles. The molecule has 1 fully saturated rings. The Morgan fingerprint density at radius 1 is 1.41 bits per heavy atom. The van der Waals surface area contributed by atoms with E-state index in [1.165, 1.54) is 19.3 Å². The Morgan fingerprint density at radius 3 is 2.94 bits per heavy atom. The molecule has 0 saturated heterocycles. The number of rotatable bonds is 6. The maximum Gasteiger partial charge on any atom is 0.238 e. The van der Waals surface area contributed by atoms with Crippen LogP contribution in [-0.2, 0) is 4.79 Å². The molecule has 17 heavy (non-hydrogen) atoms. The van der Waals surface area contributed by atoms with Crippen LogP contribution in [0.2, 0.25) is 0 Å². The van der Waals surface area contributed by atoms with E-state index in [1.807, 2.05) is 24.3 Å². The Hall–Kier alpha value is -0.870. The van der Waals surface area contributed by atoms with Crippen molar-refractivity contribution in [1.29, 1.82) is 0 Å². The van der Waals surface area contributed by atoms with E-state index < -0.39 is 0 Å². The lowest BCUT2D eigenvalue weighted by Crippen LogP contribution is -2.28. The summed E-state index contributed by atoms with van der Waals surface area (Å²) in [6, 6.07) is 7.61. The first-order valence-electron chi connectivity index (χ1n) is 6.00. The molecule has 1 aromatic rings. The molecule has 0 heterocycles. The van der Waals surface area contributed by atoms with Gasteiger partial charge in [0.15, 0.2) is 0 Å². The molecule has 1 aliphatic carbocycles. The van der Waals surface area contributed by atoms with E-state index in [1.54, 1.807) is 0 Å². The number of nitrogens with one attached hydrogen (secondary N) is 2. The minimum atomic E-state index is 0.0129. The minimum absolute atomic E-state index is 0.0129. The van der Waals surface area contributed by atoms with Gasteiger partial charge in [0.1, 0.15) is 0 Å². The van der Waals surface area contributed by atoms with Crippen LogP contribution in [0.4, 0.5) is 5.69 Å². The molecular weight excluding hydrogens is 280 g/mol. The summed E-state index contributed by atoms with van der Waals surface area (Å²) in [7, 11) is 0. The van der Waals surface area contributed by atoms with Gasteiger partial charge in [0.2, 0.25) is 5.91 Å². The predicted octanol–water partition coefficient (Wildman–Crippen LogP) is 2.78. The van der Waals surface area contributed by atoms with Crippen molar-refractivity contribution in [3.8, 4) is 0 Å². The zero-order valence-electron chi connectivity index (χ0n) is 9.71. The van der Waals surface area contributed by atoms with Crippen LogP contribution in [0.5, 0.6) is 0 Å². The topological polar surface area (TPSA) is 41.1 Å². The standard InChI is InChI=1S/C13H17BrN2O/c14-11-2-1-3-12(8-11)16-13(17)9-15-7-6-10-4-5-10/h1-3,8,10,15H,4-7,9H2,(H,16,17). The number of amides is 1. The lowest BCUT2D eigenvalue weighted by Gasteiger charge is -2.06. The normalized spacial score (nSPS) is 14.6. The largest absolute Gasteiger partial charge is 0.325 e. The number of halogens is 1. The van der Waals surface area contributed by atoms with Crippen molar-refractivity contribution >= 4 is 27.5 Å².